The van der Waals surface area contributed by atoms with Gasteiger partial charge in [-0.05, 0) is 43.5 Å². The number of carbonyl (C=O) groups excluding carboxylic acids is 4. The number of ketones is 1. The molecular formula is C24H27N3O5. The molecule has 1 unspecified atom stereocenters. The third kappa shape index (κ3) is 7.11. The maximum Gasteiger partial charge on any atom is 0.330 e. The largest absolute Gasteiger partial charge is 0.391 e. The summed E-state index contributed by atoms with van der Waals surface area (Å²) in [5, 5.41) is 8.46. The summed E-state index contributed by atoms with van der Waals surface area (Å²) in [6.07, 6.45) is 1.81. The fraction of sp³-hybridized carbons (Fsp3) is 0.333. The molecule has 1 heterocycles. The molecule has 1 aliphatic rings. The van der Waals surface area contributed by atoms with Gasteiger partial charge in [0, 0.05) is 5.56 Å². The smallest absolute Gasteiger partial charge is 0.330 e. The number of hydrogen-bond donors (Lipinski definition) is 3. The standard InChI is InChI=1S/C24H27N3O5/c28-21(15-25-16-22(29)32-24(31)19-12-7-13-26-19)20(14-17-8-3-1-4-9-17)27-23(30)18-10-5-2-6-11-18/h1-6,8-11,19-20,25-26H,7,12-16H2,(H,27,30)/t19-,20?/m0/s1. The van der Waals surface area contributed by atoms with Crippen molar-refractivity contribution in [3.8, 4) is 0 Å². The molecule has 0 spiro atoms. The average molecular weight is 437 g/mol. The van der Waals surface area contributed by atoms with Crippen molar-refractivity contribution in [2.75, 3.05) is 19.6 Å². The van der Waals surface area contributed by atoms with Gasteiger partial charge >= 0.3 is 11.9 Å². The lowest BCUT2D eigenvalue weighted by molar-refractivity contribution is -0.160. The summed E-state index contributed by atoms with van der Waals surface area (Å²) in [4.78, 5) is 49.2. The first-order chi connectivity index (χ1) is 15.5. The van der Waals surface area contributed by atoms with Crippen molar-refractivity contribution >= 4 is 23.6 Å². The molecule has 2 aromatic carbocycles. The number of rotatable bonds is 10. The maximum atomic E-state index is 12.8. The SMILES string of the molecule is O=C(CNCC(=O)C(Cc1ccccc1)NC(=O)c1ccccc1)OC(=O)[C@@H]1CCCN1. The number of carbonyl (C=O) groups is 4. The zero-order valence-electron chi connectivity index (χ0n) is 17.7. The quantitative estimate of drug-likeness (QED) is 0.375. The van der Waals surface area contributed by atoms with E-state index in [-0.39, 0.29) is 24.8 Å². The molecule has 2 atom stereocenters. The molecule has 2 aromatic rings. The van der Waals surface area contributed by atoms with E-state index in [1.807, 2.05) is 30.3 Å². The summed E-state index contributed by atoms with van der Waals surface area (Å²) in [5.74, 6) is -1.98. The van der Waals surface area contributed by atoms with Crippen molar-refractivity contribution in [2.45, 2.75) is 31.3 Å². The van der Waals surface area contributed by atoms with Crippen LogP contribution in [-0.4, -0.2) is 55.3 Å². The Morgan fingerprint density at radius 1 is 0.969 bits per heavy atom. The molecule has 0 radical (unpaired) electrons. The van der Waals surface area contributed by atoms with E-state index in [1.54, 1.807) is 30.3 Å². The predicted molar refractivity (Wildman–Crippen MR) is 118 cm³/mol. The summed E-state index contributed by atoms with van der Waals surface area (Å²) >= 11 is 0. The Hall–Kier alpha value is -3.36. The molecule has 0 bridgehead atoms. The predicted octanol–water partition coefficient (Wildman–Crippen LogP) is 1.01. The lowest BCUT2D eigenvalue weighted by Crippen LogP contribution is -2.46. The van der Waals surface area contributed by atoms with E-state index in [9.17, 15) is 19.2 Å². The van der Waals surface area contributed by atoms with Gasteiger partial charge in [0.2, 0.25) is 0 Å². The molecule has 0 saturated carbocycles. The highest BCUT2D eigenvalue weighted by atomic mass is 16.6. The minimum Gasteiger partial charge on any atom is -0.391 e. The first kappa shape index (κ1) is 23.3. The van der Waals surface area contributed by atoms with Crippen molar-refractivity contribution < 1.29 is 23.9 Å². The summed E-state index contributed by atoms with van der Waals surface area (Å²) in [6, 6.07) is 16.8. The van der Waals surface area contributed by atoms with Crippen LogP contribution in [0.4, 0.5) is 0 Å². The van der Waals surface area contributed by atoms with E-state index in [0.717, 1.165) is 18.5 Å². The molecule has 1 fully saturated rings. The van der Waals surface area contributed by atoms with Crippen molar-refractivity contribution in [1.29, 1.82) is 0 Å². The van der Waals surface area contributed by atoms with E-state index >= 15 is 0 Å². The lowest BCUT2D eigenvalue weighted by Gasteiger charge is -2.18. The van der Waals surface area contributed by atoms with Gasteiger partial charge < -0.3 is 15.4 Å². The van der Waals surface area contributed by atoms with Crippen LogP contribution in [0, 0.1) is 0 Å². The van der Waals surface area contributed by atoms with Gasteiger partial charge in [0.15, 0.2) is 5.78 Å². The summed E-state index contributed by atoms with van der Waals surface area (Å²) in [7, 11) is 0. The Bertz CT molecular complexity index is 927. The van der Waals surface area contributed by atoms with Gasteiger partial charge in [-0.25, -0.2) is 4.79 Å². The zero-order valence-corrected chi connectivity index (χ0v) is 17.7. The van der Waals surface area contributed by atoms with Gasteiger partial charge in [-0.3, -0.25) is 19.7 Å². The fourth-order valence-electron chi connectivity index (χ4n) is 3.44. The van der Waals surface area contributed by atoms with Crippen LogP contribution >= 0.6 is 0 Å². The minimum atomic E-state index is -0.780. The molecule has 8 heteroatoms. The monoisotopic (exact) mass is 437 g/mol. The summed E-state index contributed by atoms with van der Waals surface area (Å²) in [6.45, 7) is 0.282. The van der Waals surface area contributed by atoms with Crippen LogP contribution in [0.15, 0.2) is 60.7 Å². The Morgan fingerprint density at radius 2 is 1.66 bits per heavy atom. The molecule has 0 aromatic heterocycles. The Kier molecular flexibility index (Phi) is 8.65. The van der Waals surface area contributed by atoms with Crippen molar-refractivity contribution in [3.05, 3.63) is 71.8 Å². The topological polar surface area (TPSA) is 114 Å². The van der Waals surface area contributed by atoms with Gasteiger partial charge in [-0.1, -0.05) is 48.5 Å². The first-order valence-corrected chi connectivity index (χ1v) is 10.6. The van der Waals surface area contributed by atoms with Crippen LogP contribution in [0.5, 0.6) is 0 Å². The van der Waals surface area contributed by atoms with E-state index in [0.29, 0.717) is 18.4 Å². The van der Waals surface area contributed by atoms with Crippen LogP contribution < -0.4 is 16.0 Å². The highest BCUT2D eigenvalue weighted by Gasteiger charge is 2.26. The Morgan fingerprint density at radius 3 is 2.31 bits per heavy atom. The van der Waals surface area contributed by atoms with Crippen LogP contribution in [0.1, 0.15) is 28.8 Å². The Labute approximate surface area is 186 Å². The lowest BCUT2D eigenvalue weighted by atomic mass is 10.0. The first-order valence-electron chi connectivity index (χ1n) is 10.6. The molecule has 3 N–H and O–H groups in total. The van der Waals surface area contributed by atoms with Gasteiger partial charge in [0.05, 0.1) is 19.1 Å². The molecule has 0 aliphatic carbocycles. The van der Waals surface area contributed by atoms with Gasteiger partial charge in [0.1, 0.15) is 6.04 Å². The van der Waals surface area contributed by atoms with Crippen molar-refractivity contribution in [1.82, 2.24) is 16.0 Å². The molecule has 1 saturated heterocycles. The van der Waals surface area contributed by atoms with Gasteiger partial charge in [0.25, 0.3) is 5.91 Å². The summed E-state index contributed by atoms with van der Waals surface area (Å²) < 4.78 is 4.81. The average Bonchev–Trinajstić information content (AvgIpc) is 3.35. The van der Waals surface area contributed by atoms with Crippen molar-refractivity contribution in [2.24, 2.45) is 0 Å². The van der Waals surface area contributed by atoms with Gasteiger partial charge in [-0.15, -0.1) is 0 Å². The second kappa shape index (κ2) is 11.9. The Balaban J connectivity index is 1.53. The number of nitrogens with one attached hydrogen (secondary N) is 3. The van der Waals surface area contributed by atoms with E-state index < -0.39 is 24.0 Å². The number of benzene rings is 2. The molecule has 168 valence electrons. The molecule has 1 aliphatic heterocycles. The minimum absolute atomic E-state index is 0.155. The molecule has 8 nitrogen and oxygen atoms in total. The summed E-state index contributed by atoms with van der Waals surface area (Å²) in [5.41, 5.74) is 1.35. The highest BCUT2D eigenvalue weighted by Crippen LogP contribution is 2.07. The third-order valence-electron chi connectivity index (χ3n) is 5.14. The fourth-order valence-corrected chi connectivity index (χ4v) is 3.44. The van der Waals surface area contributed by atoms with Crippen LogP contribution in [0.25, 0.3) is 0 Å². The van der Waals surface area contributed by atoms with Crippen molar-refractivity contribution in [3.63, 3.8) is 0 Å². The molecule has 3 rings (SSSR count). The number of Topliss-reactive ketones (excluding diaryl/α,β-unsaturated/α-hetero) is 1. The molecule has 1 amide bonds. The second-order valence-electron chi connectivity index (χ2n) is 7.59. The van der Waals surface area contributed by atoms with E-state index in [4.69, 9.17) is 4.74 Å². The van der Waals surface area contributed by atoms with Crippen LogP contribution in [0.2, 0.25) is 0 Å². The molecular weight excluding hydrogens is 410 g/mol. The number of ether oxygens (including phenoxy) is 1. The zero-order chi connectivity index (χ0) is 22.8. The highest BCUT2D eigenvalue weighted by molar-refractivity contribution is 5.98. The van der Waals surface area contributed by atoms with Crippen LogP contribution in [0.3, 0.4) is 0 Å². The van der Waals surface area contributed by atoms with E-state index in [1.165, 1.54) is 0 Å². The maximum absolute atomic E-state index is 12.8. The molecule has 32 heavy (non-hydrogen) atoms. The normalized spacial score (nSPS) is 16.2. The number of esters is 2. The number of amides is 1. The third-order valence-corrected chi connectivity index (χ3v) is 5.14. The second-order valence-corrected chi connectivity index (χ2v) is 7.59. The van der Waals surface area contributed by atoms with Crippen LogP contribution in [-0.2, 0) is 25.5 Å². The van der Waals surface area contributed by atoms with Gasteiger partial charge in [-0.2, -0.15) is 0 Å². The number of hydrogen-bond acceptors (Lipinski definition) is 7. The van der Waals surface area contributed by atoms with E-state index in [2.05, 4.69) is 16.0 Å².